The summed E-state index contributed by atoms with van der Waals surface area (Å²) in [5, 5.41) is 11.8. The van der Waals surface area contributed by atoms with Gasteiger partial charge in [-0.1, -0.05) is 12.1 Å². The van der Waals surface area contributed by atoms with E-state index >= 15 is 0 Å². The first-order valence-corrected chi connectivity index (χ1v) is 4.28. The lowest BCUT2D eigenvalue weighted by Crippen LogP contribution is -2.54. The van der Waals surface area contributed by atoms with Crippen molar-refractivity contribution in [2.75, 3.05) is 0 Å². The molecule has 2 N–H and O–H groups in total. The van der Waals surface area contributed by atoms with E-state index in [2.05, 4.69) is 5.32 Å². The van der Waals surface area contributed by atoms with Crippen molar-refractivity contribution in [2.45, 2.75) is 18.9 Å². The molecule has 1 aliphatic rings. The summed E-state index contributed by atoms with van der Waals surface area (Å²) in [7, 11) is 0. The summed E-state index contributed by atoms with van der Waals surface area (Å²) in [6.07, 6.45) is 0. The van der Waals surface area contributed by atoms with Gasteiger partial charge in [0, 0.05) is 6.04 Å². The van der Waals surface area contributed by atoms with E-state index in [1.54, 1.807) is 24.3 Å². The molecule has 1 aliphatic heterocycles. The smallest absolute Gasteiger partial charge is 0.229 e. The number of benzene rings is 1. The Labute approximate surface area is 76.4 Å². The molecule has 13 heavy (non-hydrogen) atoms. The molecule has 1 amide bonds. The van der Waals surface area contributed by atoms with Gasteiger partial charge in [0.1, 0.15) is 5.75 Å². The van der Waals surface area contributed by atoms with Gasteiger partial charge in [-0.05, 0) is 24.6 Å². The highest BCUT2D eigenvalue weighted by Crippen LogP contribution is 2.27. The number of β-lactam (4-membered cyclic amide) rings is 1. The number of phenols is 1. The van der Waals surface area contributed by atoms with Gasteiger partial charge in [0.15, 0.2) is 0 Å². The van der Waals surface area contributed by atoms with Crippen molar-refractivity contribution in [3.05, 3.63) is 29.8 Å². The lowest BCUT2D eigenvalue weighted by atomic mass is 9.85. The van der Waals surface area contributed by atoms with Crippen molar-refractivity contribution in [3.63, 3.8) is 0 Å². The number of carbonyl (C=O) groups excluding carboxylic acids is 1. The van der Waals surface area contributed by atoms with Gasteiger partial charge in [0.05, 0.1) is 5.92 Å². The SMILES string of the molecule is CC1NC(=O)C1c1ccc(O)cc1. The van der Waals surface area contributed by atoms with Gasteiger partial charge in [0.2, 0.25) is 5.91 Å². The number of hydrogen-bond donors (Lipinski definition) is 2. The van der Waals surface area contributed by atoms with Crippen molar-refractivity contribution in [1.29, 1.82) is 0 Å². The summed E-state index contributed by atoms with van der Waals surface area (Å²) >= 11 is 0. The van der Waals surface area contributed by atoms with Crippen LogP contribution in [0.25, 0.3) is 0 Å². The van der Waals surface area contributed by atoms with E-state index in [9.17, 15) is 4.79 Å². The molecular formula is C10H11NO2. The van der Waals surface area contributed by atoms with Gasteiger partial charge >= 0.3 is 0 Å². The minimum absolute atomic E-state index is 0.0411. The van der Waals surface area contributed by atoms with Crippen molar-refractivity contribution >= 4 is 5.91 Å². The molecular weight excluding hydrogens is 166 g/mol. The minimum atomic E-state index is -0.0411. The molecule has 0 spiro atoms. The zero-order chi connectivity index (χ0) is 9.42. The van der Waals surface area contributed by atoms with Crippen LogP contribution in [0.1, 0.15) is 18.4 Å². The van der Waals surface area contributed by atoms with E-state index in [1.807, 2.05) is 6.92 Å². The van der Waals surface area contributed by atoms with Crippen LogP contribution in [-0.4, -0.2) is 17.1 Å². The van der Waals surface area contributed by atoms with Crippen LogP contribution in [0, 0.1) is 0 Å². The van der Waals surface area contributed by atoms with Gasteiger partial charge in [0.25, 0.3) is 0 Å². The number of aromatic hydroxyl groups is 1. The van der Waals surface area contributed by atoms with Crippen LogP contribution in [0.4, 0.5) is 0 Å². The minimum Gasteiger partial charge on any atom is -0.508 e. The Hall–Kier alpha value is -1.51. The molecule has 0 aliphatic carbocycles. The lowest BCUT2D eigenvalue weighted by molar-refractivity contribution is -0.130. The summed E-state index contributed by atoms with van der Waals surface area (Å²) in [5.74, 6) is 0.259. The monoisotopic (exact) mass is 177 g/mol. The number of rotatable bonds is 1. The number of phenolic OH excluding ortho intramolecular Hbond substituents is 1. The van der Waals surface area contributed by atoms with E-state index in [0.29, 0.717) is 0 Å². The predicted octanol–water partition coefficient (Wildman–Crippen LogP) is 0.994. The molecule has 2 unspecified atom stereocenters. The van der Waals surface area contributed by atoms with Crippen LogP contribution in [0.3, 0.4) is 0 Å². The van der Waals surface area contributed by atoms with Gasteiger partial charge in [-0.3, -0.25) is 4.79 Å². The Balaban J connectivity index is 2.25. The second-order valence-corrected chi connectivity index (χ2v) is 3.37. The summed E-state index contributed by atoms with van der Waals surface area (Å²) in [6.45, 7) is 1.97. The average Bonchev–Trinajstić information content (AvgIpc) is 2.09. The van der Waals surface area contributed by atoms with Gasteiger partial charge in [-0.15, -0.1) is 0 Å². The number of amides is 1. The molecule has 0 saturated carbocycles. The zero-order valence-electron chi connectivity index (χ0n) is 7.32. The first-order valence-electron chi connectivity index (χ1n) is 4.28. The van der Waals surface area contributed by atoms with Crippen molar-refractivity contribution in [3.8, 4) is 5.75 Å². The van der Waals surface area contributed by atoms with Crippen molar-refractivity contribution in [2.24, 2.45) is 0 Å². The van der Waals surface area contributed by atoms with E-state index in [0.717, 1.165) is 5.56 Å². The van der Waals surface area contributed by atoms with Crippen LogP contribution in [-0.2, 0) is 4.79 Å². The third-order valence-electron chi connectivity index (χ3n) is 2.40. The molecule has 0 bridgehead atoms. The zero-order valence-corrected chi connectivity index (χ0v) is 7.32. The average molecular weight is 177 g/mol. The van der Waals surface area contributed by atoms with Crippen molar-refractivity contribution in [1.82, 2.24) is 5.32 Å². The fourth-order valence-electron chi connectivity index (χ4n) is 1.65. The van der Waals surface area contributed by atoms with Crippen LogP contribution in [0.5, 0.6) is 5.75 Å². The Kier molecular flexibility index (Phi) is 1.72. The molecule has 0 radical (unpaired) electrons. The molecule has 68 valence electrons. The van der Waals surface area contributed by atoms with Crippen LogP contribution in [0.2, 0.25) is 0 Å². The maximum atomic E-state index is 11.2. The Morgan fingerprint density at radius 3 is 2.38 bits per heavy atom. The van der Waals surface area contributed by atoms with E-state index < -0.39 is 0 Å². The quantitative estimate of drug-likeness (QED) is 0.628. The van der Waals surface area contributed by atoms with Crippen LogP contribution in [0.15, 0.2) is 24.3 Å². The largest absolute Gasteiger partial charge is 0.508 e. The molecule has 1 fully saturated rings. The molecule has 2 atom stereocenters. The summed E-state index contributed by atoms with van der Waals surface area (Å²) in [4.78, 5) is 11.2. The van der Waals surface area contributed by atoms with Crippen molar-refractivity contribution < 1.29 is 9.90 Å². The molecule has 1 aromatic rings. The second-order valence-electron chi connectivity index (χ2n) is 3.37. The van der Waals surface area contributed by atoms with Gasteiger partial charge in [-0.2, -0.15) is 0 Å². The van der Waals surface area contributed by atoms with E-state index in [-0.39, 0.29) is 23.6 Å². The maximum Gasteiger partial charge on any atom is 0.229 e. The molecule has 1 aromatic carbocycles. The van der Waals surface area contributed by atoms with Gasteiger partial charge < -0.3 is 10.4 Å². The fraction of sp³-hybridized carbons (Fsp3) is 0.300. The summed E-state index contributed by atoms with van der Waals surface area (Å²) in [6, 6.07) is 6.99. The normalized spacial score (nSPS) is 26.4. The Morgan fingerprint density at radius 2 is 1.92 bits per heavy atom. The Bertz CT molecular complexity index is 331. The number of hydrogen-bond acceptors (Lipinski definition) is 2. The number of carbonyl (C=O) groups is 1. The first-order chi connectivity index (χ1) is 6.18. The third kappa shape index (κ3) is 1.26. The molecule has 3 heteroatoms. The fourth-order valence-corrected chi connectivity index (χ4v) is 1.65. The highest BCUT2D eigenvalue weighted by atomic mass is 16.3. The van der Waals surface area contributed by atoms with E-state index in [1.165, 1.54) is 0 Å². The molecule has 3 nitrogen and oxygen atoms in total. The molecule has 2 rings (SSSR count). The standard InChI is InChI=1S/C10H11NO2/c1-6-9(10(13)11-6)7-2-4-8(12)5-3-7/h2-6,9,12H,1H3,(H,11,13). The highest BCUT2D eigenvalue weighted by Gasteiger charge is 2.36. The van der Waals surface area contributed by atoms with E-state index in [4.69, 9.17) is 5.11 Å². The second kappa shape index (κ2) is 2.76. The first kappa shape index (κ1) is 8.10. The summed E-state index contributed by atoms with van der Waals surface area (Å²) in [5.41, 5.74) is 0.967. The molecule has 1 heterocycles. The highest BCUT2D eigenvalue weighted by molar-refractivity contribution is 5.90. The predicted molar refractivity (Wildman–Crippen MR) is 48.5 cm³/mol. The molecule has 0 aromatic heterocycles. The molecule has 1 saturated heterocycles. The maximum absolute atomic E-state index is 11.2. The summed E-state index contributed by atoms with van der Waals surface area (Å²) < 4.78 is 0. The third-order valence-corrected chi connectivity index (χ3v) is 2.40. The van der Waals surface area contributed by atoms with Crippen LogP contribution < -0.4 is 5.32 Å². The lowest BCUT2D eigenvalue weighted by Gasteiger charge is -2.34. The van der Waals surface area contributed by atoms with Gasteiger partial charge in [-0.25, -0.2) is 0 Å². The van der Waals surface area contributed by atoms with Crippen LogP contribution >= 0.6 is 0 Å². The topological polar surface area (TPSA) is 49.3 Å². The number of nitrogens with one attached hydrogen (secondary N) is 1. The Morgan fingerprint density at radius 1 is 1.31 bits per heavy atom.